The van der Waals surface area contributed by atoms with Gasteiger partial charge in [0.15, 0.2) is 5.78 Å². The van der Waals surface area contributed by atoms with E-state index in [9.17, 15) is 23.6 Å². The molecule has 3 N–H and O–H groups in total. The zero-order valence-corrected chi connectivity index (χ0v) is 19.3. The third kappa shape index (κ3) is 4.72. The number of hydrogen-bond donors (Lipinski definition) is 3. The van der Waals surface area contributed by atoms with E-state index < -0.39 is 17.6 Å². The van der Waals surface area contributed by atoms with E-state index in [0.29, 0.717) is 34.5 Å². The molecule has 9 heteroatoms. The molecule has 8 nitrogen and oxygen atoms in total. The molecule has 0 bridgehead atoms. The Morgan fingerprint density at radius 3 is 2.45 bits per heavy atom. The van der Waals surface area contributed by atoms with E-state index in [2.05, 4.69) is 16.0 Å². The lowest BCUT2D eigenvalue weighted by Crippen LogP contribution is -2.33. The van der Waals surface area contributed by atoms with Gasteiger partial charge in [0, 0.05) is 36.2 Å². The van der Waals surface area contributed by atoms with Crippen molar-refractivity contribution >= 4 is 29.1 Å². The number of anilines is 1. The molecule has 0 fully saturated rings. The summed E-state index contributed by atoms with van der Waals surface area (Å²) in [5, 5.41) is 8.23. The number of aromatic nitrogens is 1. The van der Waals surface area contributed by atoms with Crippen molar-refractivity contribution in [3.05, 3.63) is 63.4 Å². The first-order valence-corrected chi connectivity index (χ1v) is 10.6. The number of nitrogens with zero attached hydrogens (tertiary/aromatic N) is 1. The summed E-state index contributed by atoms with van der Waals surface area (Å²) in [5.41, 5.74) is 3.49. The minimum atomic E-state index is -0.809. The fourth-order valence-electron chi connectivity index (χ4n) is 4.00. The topological polar surface area (TPSA) is 109 Å². The average molecular weight is 455 g/mol. The van der Waals surface area contributed by atoms with Crippen LogP contribution in [0.15, 0.2) is 29.5 Å². The molecule has 1 aliphatic heterocycles. The highest BCUT2D eigenvalue weighted by atomic mass is 19.1. The van der Waals surface area contributed by atoms with Crippen LogP contribution in [0.3, 0.4) is 0 Å². The molecule has 0 radical (unpaired) electrons. The number of ketones is 2. The van der Waals surface area contributed by atoms with Crippen molar-refractivity contribution in [3.8, 4) is 0 Å². The second kappa shape index (κ2) is 9.40. The highest BCUT2D eigenvalue weighted by Crippen LogP contribution is 2.24. The smallest absolute Gasteiger partial charge is 0.294 e. The Kier molecular flexibility index (Phi) is 6.81. The molecule has 0 saturated heterocycles. The summed E-state index contributed by atoms with van der Waals surface area (Å²) in [6.07, 6.45) is 0.326. The number of nitrogens with one attached hydrogen (secondary N) is 3. The Balaban J connectivity index is 1.74. The minimum Gasteiger partial charge on any atom is -0.381 e. The van der Waals surface area contributed by atoms with E-state index in [-0.39, 0.29) is 35.9 Å². The molecule has 0 atom stereocenters. The maximum Gasteiger partial charge on any atom is 0.294 e. The number of rotatable bonds is 7. The molecule has 2 amide bonds. The number of amides is 2. The van der Waals surface area contributed by atoms with E-state index in [0.717, 1.165) is 5.70 Å². The van der Waals surface area contributed by atoms with Gasteiger partial charge >= 0.3 is 0 Å². The third-order valence-electron chi connectivity index (χ3n) is 5.96. The predicted molar refractivity (Wildman–Crippen MR) is 122 cm³/mol. The van der Waals surface area contributed by atoms with Crippen LogP contribution >= 0.6 is 0 Å². The largest absolute Gasteiger partial charge is 0.381 e. The van der Waals surface area contributed by atoms with Gasteiger partial charge in [0.05, 0.1) is 17.8 Å². The molecular formula is C24H27FN4O4. The van der Waals surface area contributed by atoms with Gasteiger partial charge in [0.1, 0.15) is 5.82 Å². The van der Waals surface area contributed by atoms with Crippen molar-refractivity contribution in [2.24, 2.45) is 7.05 Å². The first kappa shape index (κ1) is 23.9. The van der Waals surface area contributed by atoms with Crippen LogP contribution in [0.1, 0.15) is 51.0 Å². The Labute approximate surface area is 191 Å². The minimum absolute atomic E-state index is 0.0195. The van der Waals surface area contributed by atoms with Gasteiger partial charge < -0.3 is 20.5 Å². The first-order chi connectivity index (χ1) is 15.5. The second-order valence-electron chi connectivity index (χ2n) is 8.13. The van der Waals surface area contributed by atoms with E-state index >= 15 is 0 Å². The van der Waals surface area contributed by atoms with Gasteiger partial charge in [-0.05, 0) is 63.4 Å². The SMILES string of the molecule is CC1=C(CCNC(=O)C(=O)c2c(C)c(C(=O)Nc3ccc(F)c(C)c3)c(C)n2C)C(=O)CN1. The molecule has 2 aromatic rings. The quantitative estimate of drug-likeness (QED) is 0.440. The predicted octanol–water partition coefficient (Wildman–Crippen LogP) is 2.48. The summed E-state index contributed by atoms with van der Waals surface area (Å²) in [6, 6.07) is 4.24. The van der Waals surface area contributed by atoms with E-state index in [1.807, 2.05) is 0 Å². The van der Waals surface area contributed by atoms with Gasteiger partial charge in [-0.2, -0.15) is 0 Å². The normalized spacial score (nSPS) is 13.2. The number of halogens is 1. The molecule has 33 heavy (non-hydrogen) atoms. The lowest BCUT2D eigenvalue weighted by Gasteiger charge is -2.08. The van der Waals surface area contributed by atoms with Crippen LogP contribution < -0.4 is 16.0 Å². The van der Waals surface area contributed by atoms with Crippen molar-refractivity contribution < 1.29 is 23.6 Å². The van der Waals surface area contributed by atoms with Crippen molar-refractivity contribution in [2.75, 3.05) is 18.4 Å². The Bertz CT molecular complexity index is 1210. The van der Waals surface area contributed by atoms with Crippen LogP contribution in [-0.2, 0) is 16.6 Å². The van der Waals surface area contributed by atoms with Crippen LogP contribution in [0.2, 0.25) is 0 Å². The molecule has 3 rings (SSSR count). The maximum atomic E-state index is 13.5. The third-order valence-corrected chi connectivity index (χ3v) is 5.96. The van der Waals surface area contributed by atoms with E-state index in [1.165, 1.54) is 22.8 Å². The Morgan fingerprint density at radius 2 is 1.85 bits per heavy atom. The Hall–Kier alpha value is -3.75. The van der Waals surface area contributed by atoms with Gasteiger partial charge in [-0.3, -0.25) is 19.2 Å². The molecule has 0 aliphatic carbocycles. The number of aryl methyl sites for hydroxylation is 1. The standard InChI is InChI=1S/C24H27FN4O4/c1-12-10-16(6-7-18(12)25)28-23(32)20-13(2)21(29(5)15(20)4)22(31)24(33)26-9-8-17-14(3)27-11-19(17)30/h6-7,10,27H,8-9,11H2,1-5H3,(H,26,33)(H,28,32). The summed E-state index contributed by atoms with van der Waals surface area (Å²) < 4.78 is 15.0. The number of carbonyl (C=O) groups excluding carboxylic acids is 4. The maximum absolute atomic E-state index is 13.5. The van der Waals surface area contributed by atoms with Gasteiger partial charge in [-0.25, -0.2) is 4.39 Å². The lowest BCUT2D eigenvalue weighted by atomic mass is 10.1. The van der Waals surface area contributed by atoms with Crippen molar-refractivity contribution in [1.29, 1.82) is 0 Å². The number of benzene rings is 1. The van der Waals surface area contributed by atoms with Gasteiger partial charge in [-0.15, -0.1) is 0 Å². The van der Waals surface area contributed by atoms with Crippen LogP contribution in [0.25, 0.3) is 0 Å². The summed E-state index contributed by atoms with van der Waals surface area (Å²) in [4.78, 5) is 50.1. The fourth-order valence-corrected chi connectivity index (χ4v) is 4.00. The second-order valence-corrected chi connectivity index (χ2v) is 8.13. The summed E-state index contributed by atoms with van der Waals surface area (Å²) in [6.45, 7) is 7.07. The molecule has 1 aromatic carbocycles. The van der Waals surface area contributed by atoms with E-state index in [1.54, 1.807) is 34.7 Å². The Morgan fingerprint density at radius 1 is 1.15 bits per heavy atom. The average Bonchev–Trinajstić information content (AvgIpc) is 3.19. The number of hydrogen-bond acceptors (Lipinski definition) is 5. The van der Waals surface area contributed by atoms with Crippen molar-refractivity contribution in [2.45, 2.75) is 34.1 Å². The molecule has 0 saturated carbocycles. The molecule has 2 heterocycles. The van der Waals surface area contributed by atoms with Crippen LogP contribution in [0.4, 0.5) is 10.1 Å². The molecular weight excluding hydrogens is 427 g/mol. The number of Topliss-reactive ketones (excluding diaryl/α,β-unsaturated/α-hetero) is 2. The van der Waals surface area contributed by atoms with Crippen LogP contribution in [0.5, 0.6) is 0 Å². The lowest BCUT2D eigenvalue weighted by molar-refractivity contribution is -0.117. The van der Waals surface area contributed by atoms with Crippen LogP contribution in [-0.4, -0.2) is 41.0 Å². The first-order valence-electron chi connectivity index (χ1n) is 10.6. The zero-order chi connectivity index (χ0) is 24.4. The summed E-state index contributed by atoms with van der Waals surface area (Å²) in [7, 11) is 1.61. The fraction of sp³-hybridized carbons (Fsp3) is 0.333. The van der Waals surface area contributed by atoms with Gasteiger partial charge in [0.25, 0.3) is 17.6 Å². The number of carbonyl (C=O) groups is 4. The van der Waals surface area contributed by atoms with Crippen molar-refractivity contribution in [3.63, 3.8) is 0 Å². The molecule has 0 unspecified atom stereocenters. The highest BCUT2D eigenvalue weighted by molar-refractivity contribution is 6.43. The molecule has 0 spiro atoms. The van der Waals surface area contributed by atoms with E-state index in [4.69, 9.17) is 0 Å². The van der Waals surface area contributed by atoms with Crippen LogP contribution in [0, 0.1) is 26.6 Å². The number of allylic oxidation sites excluding steroid dienone is 1. The summed E-state index contributed by atoms with van der Waals surface area (Å²) in [5.74, 6) is -2.43. The monoisotopic (exact) mass is 454 g/mol. The highest BCUT2D eigenvalue weighted by Gasteiger charge is 2.29. The zero-order valence-electron chi connectivity index (χ0n) is 19.3. The van der Waals surface area contributed by atoms with Gasteiger partial charge in [0.2, 0.25) is 0 Å². The molecule has 174 valence electrons. The molecule has 1 aliphatic rings. The summed E-state index contributed by atoms with van der Waals surface area (Å²) >= 11 is 0. The van der Waals surface area contributed by atoms with Crippen molar-refractivity contribution in [1.82, 2.24) is 15.2 Å². The molecule has 1 aromatic heterocycles. The van der Waals surface area contributed by atoms with Gasteiger partial charge in [-0.1, -0.05) is 0 Å².